The van der Waals surface area contributed by atoms with Gasteiger partial charge in [-0.2, -0.15) is 0 Å². The summed E-state index contributed by atoms with van der Waals surface area (Å²) in [7, 11) is 0. The first-order valence-corrected chi connectivity index (χ1v) is 7.65. The van der Waals surface area contributed by atoms with E-state index in [0.717, 1.165) is 17.8 Å². The number of nitrogens with zero attached hydrogens (tertiary/aromatic N) is 2. The van der Waals surface area contributed by atoms with Crippen molar-refractivity contribution < 1.29 is 0 Å². The first-order chi connectivity index (χ1) is 8.85. The number of aryl methyl sites for hydroxylation is 1. The topological polar surface area (TPSA) is 25.8 Å². The van der Waals surface area contributed by atoms with Crippen molar-refractivity contribution in [3.63, 3.8) is 0 Å². The second kappa shape index (κ2) is 4.98. The van der Waals surface area contributed by atoms with Crippen LogP contribution in [0.2, 0.25) is 0 Å². The quantitative estimate of drug-likeness (QED) is 0.778. The number of alkyl halides is 1. The fourth-order valence-corrected chi connectivity index (χ4v) is 3.56. The highest BCUT2D eigenvalue weighted by Gasteiger charge is 2.48. The minimum atomic E-state index is 0.165. The van der Waals surface area contributed by atoms with E-state index in [4.69, 9.17) is 11.6 Å². The molecule has 1 aliphatic rings. The molecule has 1 aromatic heterocycles. The van der Waals surface area contributed by atoms with E-state index in [0.29, 0.717) is 5.88 Å². The Balaban J connectivity index is 1.84. The van der Waals surface area contributed by atoms with Gasteiger partial charge in [-0.25, -0.2) is 0 Å². The van der Waals surface area contributed by atoms with Gasteiger partial charge in [-0.05, 0) is 24.8 Å². The molecule has 1 saturated carbocycles. The molecule has 4 heteroatoms. The molecule has 1 aliphatic carbocycles. The van der Waals surface area contributed by atoms with Gasteiger partial charge >= 0.3 is 0 Å². The Bertz CT molecular complexity index is 520. The predicted molar refractivity (Wildman–Crippen MR) is 75.4 cm³/mol. The van der Waals surface area contributed by atoms with Crippen molar-refractivity contribution in [3.05, 3.63) is 45.9 Å². The van der Waals surface area contributed by atoms with Gasteiger partial charge in [0.05, 0.1) is 0 Å². The van der Waals surface area contributed by atoms with Gasteiger partial charge in [-0.15, -0.1) is 33.1 Å². The van der Waals surface area contributed by atoms with E-state index in [9.17, 15) is 0 Å². The summed E-state index contributed by atoms with van der Waals surface area (Å²) < 4.78 is 0. The Morgan fingerprint density at radius 3 is 2.61 bits per heavy atom. The number of hydrogen-bond acceptors (Lipinski definition) is 3. The van der Waals surface area contributed by atoms with Gasteiger partial charge in [0.15, 0.2) is 0 Å². The normalized spacial score (nSPS) is 16.7. The summed E-state index contributed by atoms with van der Waals surface area (Å²) in [5, 5.41) is 11.0. The summed E-state index contributed by atoms with van der Waals surface area (Å²) in [5.41, 5.74) is 1.54. The zero-order valence-corrected chi connectivity index (χ0v) is 11.7. The van der Waals surface area contributed by atoms with Gasteiger partial charge in [-0.1, -0.05) is 30.3 Å². The molecule has 1 aromatic carbocycles. The van der Waals surface area contributed by atoms with Crippen LogP contribution in [0, 0.1) is 0 Å². The zero-order chi connectivity index (χ0) is 12.4. The third kappa shape index (κ3) is 2.17. The van der Waals surface area contributed by atoms with Crippen LogP contribution in [0.5, 0.6) is 0 Å². The van der Waals surface area contributed by atoms with E-state index >= 15 is 0 Å². The monoisotopic (exact) mass is 278 g/mol. The third-order valence-electron chi connectivity index (χ3n) is 3.48. The second-order valence-electron chi connectivity index (χ2n) is 4.74. The van der Waals surface area contributed by atoms with Gasteiger partial charge in [0.1, 0.15) is 10.0 Å². The maximum Gasteiger partial charge on any atom is 0.128 e. The van der Waals surface area contributed by atoms with E-state index in [-0.39, 0.29) is 5.41 Å². The minimum Gasteiger partial charge on any atom is -0.144 e. The highest BCUT2D eigenvalue weighted by Crippen LogP contribution is 2.54. The first-order valence-electron chi connectivity index (χ1n) is 6.29. The predicted octanol–water partition coefficient (Wildman–Crippen LogP) is 3.79. The molecule has 3 rings (SSSR count). The molecule has 2 aromatic rings. The number of halogens is 1. The third-order valence-corrected chi connectivity index (χ3v) is 4.93. The van der Waals surface area contributed by atoms with E-state index in [1.165, 1.54) is 23.4 Å². The molecule has 0 radical (unpaired) electrons. The van der Waals surface area contributed by atoms with E-state index in [1.54, 1.807) is 11.3 Å². The van der Waals surface area contributed by atoms with Crippen molar-refractivity contribution in [2.75, 3.05) is 5.88 Å². The fraction of sp³-hybridized carbons (Fsp3) is 0.429. The Morgan fingerprint density at radius 1 is 1.17 bits per heavy atom. The fourth-order valence-electron chi connectivity index (χ4n) is 2.27. The van der Waals surface area contributed by atoms with Gasteiger partial charge in [0.25, 0.3) is 0 Å². The summed E-state index contributed by atoms with van der Waals surface area (Å²) in [5.74, 6) is 0.693. The summed E-state index contributed by atoms with van der Waals surface area (Å²) in [4.78, 5) is 0. The van der Waals surface area contributed by atoms with Gasteiger partial charge in [0.2, 0.25) is 0 Å². The van der Waals surface area contributed by atoms with E-state index in [1.807, 2.05) is 0 Å². The molecular weight excluding hydrogens is 264 g/mol. The van der Waals surface area contributed by atoms with E-state index < -0.39 is 0 Å². The molecule has 94 valence electrons. The van der Waals surface area contributed by atoms with Crippen LogP contribution in [-0.2, 0) is 11.8 Å². The van der Waals surface area contributed by atoms with Crippen molar-refractivity contribution in [1.29, 1.82) is 0 Å². The number of aromatic nitrogens is 2. The van der Waals surface area contributed by atoms with Crippen molar-refractivity contribution in [2.45, 2.75) is 31.1 Å². The SMILES string of the molecule is ClCCCc1nnc(C2(c3ccccc3)CC2)s1. The summed E-state index contributed by atoms with van der Waals surface area (Å²) >= 11 is 7.47. The lowest BCUT2D eigenvalue weighted by atomic mass is 9.97. The lowest BCUT2D eigenvalue weighted by Crippen LogP contribution is -2.07. The Morgan fingerprint density at radius 2 is 1.94 bits per heavy atom. The molecule has 0 atom stereocenters. The Labute approximate surface area is 116 Å². The Kier molecular flexibility index (Phi) is 3.35. The number of hydrogen-bond donors (Lipinski definition) is 0. The van der Waals surface area contributed by atoms with Crippen LogP contribution in [-0.4, -0.2) is 16.1 Å². The summed E-state index contributed by atoms with van der Waals surface area (Å²) in [6, 6.07) is 10.7. The van der Waals surface area contributed by atoms with Crippen LogP contribution in [0.3, 0.4) is 0 Å². The molecular formula is C14H15ClN2S. The lowest BCUT2D eigenvalue weighted by molar-refractivity contribution is 0.795. The largest absolute Gasteiger partial charge is 0.144 e. The van der Waals surface area contributed by atoms with Crippen molar-refractivity contribution in [3.8, 4) is 0 Å². The molecule has 0 saturated heterocycles. The van der Waals surface area contributed by atoms with Crippen molar-refractivity contribution in [1.82, 2.24) is 10.2 Å². The molecule has 0 spiro atoms. The lowest BCUT2D eigenvalue weighted by Gasteiger charge is -2.11. The molecule has 0 aliphatic heterocycles. The molecule has 0 unspecified atom stereocenters. The molecule has 1 heterocycles. The molecule has 0 N–H and O–H groups in total. The highest BCUT2D eigenvalue weighted by molar-refractivity contribution is 7.11. The molecule has 2 nitrogen and oxygen atoms in total. The van der Waals surface area contributed by atoms with Crippen LogP contribution in [0.4, 0.5) is 0 Å². The first kappa shape index (κ1) is 12.1. The summed E-state index contributed by atoms with van der Waals surface area (Å²) in [6.45, 7) is 0. The van der Waals surface area contributed by atoms with Crippen molar-refractivity contribution >= 4 is 22.9 Å². The molecule has 0 amide bonds. The maximum absolute atomic E-state index is 5.71. The standard InChI is InChI=1S/C14H15ClN2S/c15-10-4-7-12-16-17-13(18-12)14(8-9-14)11-5-2-1-3-6-11/h1-3,5-6H,4,7-10H2. The number of benzene rings is 1. The van der Waals surface area contributed by atoms with Crippen LogP contribution in [0.1, 0.15) is 34.8 Å². The number of rotatable bonds is 5. The zero-order valence-electron chi connectivity index (χ0n) is 10.1. The molecule has 1 fully saturated rings. The van der Waals surface area contributed by atoms with Crippen LogP contribution < -0.4 is 0 Å². The van der Waals surface area contributed by atoms with Crippen LogP contribution in [0.25, 0.3) is 0 Å². The van der Waals surface area contributed by atoms with Gasteiger partial charge in [-0.3, -0.25) is 0 Å². The average molecular weight is 279 g/mol. The smallest absolute Gasteiger partial charge is 0.128 e. The maximum atomic E-state index is 5.71. The molecule has 0 bridgehead atoms. The van der Waals surface area contributed by atoms with Crippen LogP contribution >= 0.6 is 22.9 Å². The van der Waals surface area contributed by atoms with Gasteiger partial charge < -0.3 is 0 Å². The van der Waals surface area contributed by atoms with Gasteiger partial charge in [0, 0.05) is 17.7 Å². The molecule has 18 heavy (non-hydrogen) atoms. The Hall–Kier alpha value is -0.930. The summed E-state index contributed by atoms with van der Waals surface area (Å²) in [6.07, 6.45) is 4.32. The van der Waals surface area contributed by atoms with Crippen molar-refractivity contribution in [2.24, 2.45) is 0 Å². The highest BCUT2D eigenvalue weighted by atomic mass is 35.5. The van der Waals surface area contributed by atoms with Crippen LogP contribution in [0.15, 0.2) is 30.3 Å². The van der Waals surface area contributed by atoms with E-state index in [2.05, 4.69) is 40.5 Å². The second-order valence-corrected chi connectivity index (χ2v) is 6.18. The minimum absolute atomic E-state index is 0.165. The average Bonchev–Trinajstić information content (AvgIpc) is 3.10.